The Bertz CT molecular complexity index is 337. The van der Waals surface area contributed by atoms with Crippen molar-refractivity contribution < 1.29 is 13.5 Å². The highest BCUT2D eigenvalue weighted by Gasteiger charge is 2.15. The van der Waals surface area contributed by atoms with Gasteiger partial charge in [0.05, 0.1) is 6.61 Å². The van der Waals surface area contributed by atoms with Crippen molar-refractivity contribution in [2.24, 2.45) is 5.92 Å². The fourth-order valence-electron chi connectivity index (χ4n) is 1.66. The lowest BCUT2D eigenvalue weighted by Crippen LogP contribution is -2.15. The third-order valence-corrected chi connectivity index (χ3v) is 2.53. The Labute approximate surface area is 87.2 Å². The van der Waals surface area contributed by atoms with Gasteiger partial charge < -0.3 is 10.1 Å². The van der Waals surface area contributed by atoms with Gasteiger partial charge in [0.1, 0.15) is 5.82 Å². The van der Waals surface area contributed by atoms with Crippen molar-refractivity contribution >= 4 is 0 Å². The van der Waals surface area contributed by atoms with E-state index >= 15 is 0 Å². The smallest absolute Gasteiger partial charge is 0.167 e. The Kier molecular flexibility index (Phi) is 3.16. The Morgan fingerprint density at radius 2 is 2.27 bits per heavy atom. The Balaban J connectivity index is 1.92. The summed E-state index contributed by atoms with van der Waals surface area (Å²) in [6.07, 6.45) is 1.04. The maximum absolute atomic E-state index is 13.1. The average Bonchev–Trinajstić information content (AvgIpc) is 2.69. The van der Waals surface area contributed by atoms with Crippen LogP contribution in [0.1, 0.15) is 6.42 Å². The molecule has 0 bridgehead atoms. The molecule has 82 valence electrons. The van der Waals surface area contributed by atoms with Gasteiger partial charge in [0.25, 0.3) is 0 Å². The summed E-state index contributed by atoms with van der Waals surface area (Å²) in [6, 6.07) is 3.36. The SMILES string of the molecule is Fc1ccc(OC[C@H]2CCNC2)c(F)c1. The molecule has 0 saturated carbocycles. The molecule has 2 rings (SSSR count). The van der Waals surface area contributed by atoms with E-state index < -0.39 is 11.6 Å². The van der Waals surface area contributed by atoms with Crippen molar-refractivity contribution in [3.8, 4) is 5.75 Å². The molecule has 1 aromatic rings. The number of nitrogens with one attached hydrogen (secondary N) is 1. The van der Waals surface area contributed by atoms with Gasteiger partial charge in [-0.15, -0.1) is 0 Å². The molecule has 0 aliphatic carbocycles. The predicted octanol–water partition coefficient (Wildman–Crippen LogP) is 1.95. The van der Waals surface area contributed by atoms with Crippen LogP contribution in [0.4, 0.5) is 8.78 Å². The zero-order valence-corrected chi connectivity index (χ0v) is 8.30. The minimum Gasteiger partial charge on any atom is -0.490 e. The van der Waals surface area contributed by atoms with E-state index in [9.17, 15) is 8.78 Å². The van der Waals surface area contributed by atoms with Gasteiger partial charge in [-0.25, -0.2) is 8.78 Å². The number of rotatable bonds is 3. The van der Waals surface area contributed by atoms with Crippen LogP contribution in [0.15, 0.2) is 18.2 Å². The molecule has 1 fully saturated rings. The minimum absolute atomic E-state index is 0.128. The van der Waals surface area contributed by atoms with Crippen LogP contribution < -0.4 is 10.1 Å². The van der Waals surface area contributed by atoms with E-state index in [0.717, 1.165) is 25.6 Å². The quantitative estimate of drug-likeness (QED) is 0.828. The fourth-order valence-corrected chi connectivity index (χ4v) is 1.66. The number of halogens is 2. The van der Waals surface area contributed by atoms with Gasteiger partial charge in [0, 0.05) is 18.5 Å². The number of benzene rings is 1. The molecule has 1 heterocycles. The van der Waals surface area contributed by atoms with Crippen molar-refractivity contribution in [3.05, 3.63) is 29.8 Å². The lowest BCUT2D eigenvalue weighted by Gasteiger charge is -2.11. The molecule has 0 spiro atoms. The van der Waals surface area contributed by atoms with Gasteiger partial charge in [-0.2, -0.15) is 0 Å². The largest absolute Gasteiger partial charge is 0.490 e. The van der Waals surface area contributed by atoms with E-state index in [0.29, 0.717) is 12.5 Å². The Hall–Kier alpha value is -1.16. The van der Waals surface area contributed by atoms with E-state index in [4.69, 9.17) is 4.74 Å². The number of hydrogen-bond acceptors (Lipinski definition) is 2. The highest BCUT2D eigenvalue weighted by molar-refractivity contribution is 5.24. The van der Waals surface area contributed by atoms with Crippen LogP contribution in [0.5, 0.6) is 5.75 Å². The van der Waals surface area contributed by atoms with Gasteiger partial charge in [-0.1, -0.05) is 0 Å². The Morgan fingerprint density at radius 1 is 1.40 bits per heavy atom. The summed E-state index contributed by atoms with van der Waals surface area (Å²) < 4.78 is 31.0. The normalized spacial score (nSPS) is 20.5. The molecule has 15 heavy (non-hydrogen) atoms. The molecule has 4 heteroatoms. The van der Waals surface area contributed by atoms with Gasteiger partial charge in [-0.3, -0.25) is 0 Å². The van der Waals surface area contributed by atoms with Gasteiger partial charge in [0.2, 0.25) is 0 Å². The molecule has 1 saturated heterocycles. The summed E-state index contributed by atoms with van der Waals surface area (Å²) in [7, 11) is 0. The molecular weight excluding hydrogens is 200 g/mol. The van der Waals surface area contributed by atoms with E-state index in [1.165, 1.54) is 12.1 Å². The molecule has 1 N–H and O–H groups in total. The zero-order valence-electron chi connectivity index (χ0n) is 8.30. The second kappa shape index (κ2) is 4.57. The molecule has 1 aliphatic heterocycles. The predicted molar refractivity (Wildman–Crippen MR) is 52.8 cm³/mol. The third-order valence-electron chi connectivity index (χ3n) is 2.53. The van der Waals surface area contributed by atoms with Crippen molar-refractivity contribution in [2.75, 3.05) is 19.7 Å². The molecule has 2 nitrogen and oxygen atoms in total. The maximum Gasteiger partial charge on any atom is 0.167 e. The summed E-state index contributed by atoms with van der Waals surface area (Å²) in [4.78, 5) is 0. The summed E-state index contributed by atoms with van der Waals surface area (Å²) in [6.45, 7) is 2.37. The lowest BCUT2D eigenvalue weighted by atomic mass is 10.1. The van der Waals surface area contributed by atoms with Crippen LogP contribution in [0, 0.1) is 17.6 Å². The molecule has 1 aliphatic rings. The third kappa shape index (κ3) is 2.65. The van der Waals surface area contributed by atoms with Crippen molar-refractivity contribution in [1.82, 2.24) is 5.32 Å². The van der Waals surface area contributed by atoms with Crippen molar-refractivity contribution in [1.29, 1.82) is 0 Å². The first-order chi connectivity index (χ1) is 7.25. The van der Waals surface area contributed by atoms with Crippen LogP contribution in [-0.4, -0.2) is 19.7 Å². The van der Waals surface area contributed by atoms with Crippen LogP contribution in [0.25, 0.3) is 0 Å². The van der Waals surface area contributed by atoms with Crippen molar-refractivity contribution in [2.45, 2.75) is 6.42 Å². The fraction of sp³-hybridized carbons (Fsp3) is 0.455. The number of ether oxygens (including phenoxy) is 1. The van der Waals surface area contributed by atoms with Crippen LogP contribution >= 0.6 is 0 Å². The topological polar surface area (TPSA) is 21.3 Å². The average molecular weight is 213 g/mol. The first kappa shape index (κ1) is 10.4. The zero-order chi connectivity index (χ0) is 10.7. The minimum atomic E-state index is -0.638. The molecule has 0 radical (unpaired) electrons. The standard InChI is InChI=1S/C11H13F2NO/c12-9-1-2-11(10(13)5-9)15-7-8-3-4-14-6-8/h1-2,5,8,14H,3-4,6-7H2/t8-/m0/s1. The summed E-state index contributed by atoms with van der Waals surface area (Å²) in [5.74, 6) is -0.666. The van der Waals surface area contributed by atoms with E-state index in [1.54, 1.807) is 0 Å². The first-order valence-corrected chi connectivity index (χ1v) is 5.04. The maximum atomic E-state index is 13.1. The second-order valence-electron chi connectivity index (χ2n) is 3.74. The van der Waals surface area contributed by atoms with Gasteiger partial charge in [-0.05, 0) is 25.1 Å². The monoisotopic (exact) mass is 213 g/mol. The van der Waals surface area contributed by atoms with Crippen molar-refractivity contribution in [3.63, 3.8) is 0 Å². The second-order valence-corrected chi connectivity index (χ2v) is 3.74. The first-order valence-electron chi connectivity index (χ1n) is 5.04. The number of hydrogen-bond donors (Lipinski definition) is 1. The van der Waals surface area contributed by atoms with Gasteiger partial charge in [0.15, 0.2) is 11.6 Å². The Morgan fingerprint density at radius 3 is 2.93 bits per heavy atom. The van der Waals surface area contributed by atoms with E-state index in [1.807, 2.05) is 0 Å². The van der Waals surface area contributed by atoms with E-state index in [-0.39, 0.29) is 5.75 Å². The highest BCUT2D eigenvalue weighted by atomic mass is 19.1. The van der Waals surface area contributed by atoms with Crippen LogP contribution in [0.2, 0.25) is 0 Å². The van der Waals surface area contributed by atoms with Gasteiger partial charge >= 0.3 is 0 Å². The summed E-state index contributed by atoms with van der Waals surface area (Å²) in [5, 5.41) is 3.20. The summed E-state index contributed by atoms with van der Waals surface area (Å²) >= 11 is 0. The lowest BCUT2D eigenvalue weighted by molar-refractivity contribution is 0.249. The molecular formula is C11H13F2NO. The highest BCUT2D eigenvalue weighted by Crippen LogP contribution is 2.19. The van der Waals surface area contributed by atoms with Crippen LogP contribution in [0.3, 0.4) is 0 Å². The molecule has 0 aromatic heterocycles. The molecule has 0 amide bonds. The molecule has 1 atom stereocenters. The van der Waals surface area contributed by atoms with Crippen LogP contribution in [-0.2, 0) is 0 Å². The molecule has 1 aromatic carbocycles. The summed E-state index contributed by atoms with van der Waals surface area (Å²) in [5.41, 5.74) is 0. The van der Waals surface area contributed by atoms with E-state index in [2.05, 4.69) is 5.32 Å². The molecule has 0 unspecified atom stereocenters.